The third-order valence-electron chi connectivity index (χ3n) is 5.58. The highest BCUT2D eigenvalue weighted by Gasteiger charge is 2.30. The molecule has 2 heterocycles. The first-order chi connectivity index (χ1) is 14.9. The first-order valence-electron chi connectivity index (χ1n) is 10.7. The van der Waals surface area contributed by atoms with E-state index in [1.165, 1.54) is 12.1 Å². The van der Waals surface area contributed by atoms with E-state index in [0.717, 1.165) is 70.0 Å². The Labute approximate surface area is 204 Å². The molecule has 1 fully saturated rings. The lowest BCUT2D eigenvalue weighted by molar-refractivity contribution is -0.137. The molecular weight excluding hydrogens is 532 g/mol. The van der Waals surface area contributed by atoms with Crippen molar-refractivity contribution in [1.82, 2.24) is 24.7 Å². The molecule has 1 N–H and O–H groups in total. The van der Waals surface area contributed by atoms with Gasteiger partial charge in [0.25, 0.3) is 0 Å². The van der Waals surface area contributed by atoms with Crippen LogP contribution in [-0.2, 0) is 19.3 Å². The standard InChI is InChI=1S/C22H31F3N6.HI/c1-18-27-9-11-30(18)10-4-3-8-28-21(26-2)31-14-12-29(13-15-31)17-19-6-5-7-20(16-19)22(23,24)25;/h5-7,9,11,16H,3-4,8,10,12-15,17H2,1-2H3,(H,26,28);1H. The summed E-state index contributed by atoms with van der Waals surface area (Å²) in [4.78, 5) is 13.0. The van der Waals surface area contributed by atoms with Gasteiger partial charge >= 0.3 is 6.18 Å². The highest BCUT2D eigenvalue weighted by atomic mass is 127. The second kappa shape index (κ2) is 12.4. The molecule has 0 bridgehead atoms. The Morgan fingerprint density at radius 2 is 1.91 bits per heavy atom. The van der Waals surface area contributed by atoms with Gasteiger partial charge in [0.05, 0.1) is 5.56 Å². The zero-order valence-corrected chi connectivity index (χ0v) is 20.9. The number of hydrogen-bond donors (Lipinski definition) is 1. The normalized spacial score (nSPS) is 15.5. The molecular formula is C22H32F3IN6. The van der Waals surface area contributed by atoms with Crippen molar-refractivity contribution in [1.29, 1.82) is 0 Å². The number of halogens is 4. The van der Waals surface area contributed by atoms with Gasteiger partial charge in [-0.05, 0) is 31.4 Å². The van der Waals surface area contributed by atoms with Gasteiger partial charge in [0, 0.05) is 65.3 Å². The first kappa shape index (κ1) is 26.4. The van der Waals surface area contributed by atoms with Crippen LogP contribution in [0.2, 0.25) is 0 Å². The maximum absolute atomic E-state index is 12.9. The summed E-state index contributed by atoms with van der Waals surface area (Å²) in [5.74, 6) is 1.92. The number of rotatable bonds is 7. The van der Waals surface area contributed by atoms with Gasteiger partial charge in [0.15, 0.2) is 5.96 Å². The largest absolute Gasteiger partial charge is 0.416 e. The number of unbranched alkanes of at least 4 members (excludes halogenated alkanes) is 1. The van der Waals surface area contributed by atoms with Crippen molar-refractivity contribution in [2.45, 2.75) is 39.0 Å². The molecule has 1 saturated heterocycles. The van der Waals surface area contributed by atoms with E-state index in [9.17, 15) is 13.2 Å². The van der Waals surface area contributed by atoms with Crippen LogP contribution in [0.4, 0.5) is 13.2 Å². The summed E-state index contributed by atoms with van der Waals surface area (Å²) < 4.78 is 40.9. The molecule has 0 spiro atoms. The number of aryl methyl sites for hydroxylation is 2. The Kier molecular flexibility index (Phi) is 10.3. The quantitative estimate of drug-likeness (QED) is 0.239. The summed E-state index contributed by atoms with van der Waals surface area (Å²) in [6, 6.07) is 5.60. The zero-order chi connectivity index (χ0) is 22.3. The van der Waals surface area contributed by atoms with Gasteiger partial charge in [-0.2, -0.15) is 13.2 Å². The Balaban J connectivity index is 0.00000363. The van der Waals surface area contributed by atoms with Crippen LogP contribution < -0.4 is 5.32 Å². The highest BCUT2D eigenvalue weighted by molar-refractivity contribution is 14.0. The molecule has 0 aliphatic carbocycles. The molecule has 0 atom stereocenters. The number of imidazole rings is 1. The number of guanidine groups is 1. The SMILES string of the molecule is CN=C(NCCCCn1ccnc1C)N1CCN(Cc2cccc(C(F)(F)F)c2)CC1.I. The predicted octanol–water partition coefficient (Wildman–Crippen LogP) is 4.00. The summed E-state index contributed by atoms with van der Waals surface area (Å²) in [6.45, 7) is 7.52. The van der Waals surface area contributed by atoms with E-state index < -0.39 is 11.7 Å². The van der Waals surface area contributed by atoms with Crippen molar-refractivity contribution in [3.8, 4) is 0 Å². The number of piperazine rings is 1. The minimum Gasteiger partial charge on any atom is -0.356 e. The van der Waals surface area contributed by atoms with E-state index in [0.29, 0.717) is 12.1 Å². The Morgan fingerprint density at radius 1 is 1.16 bits per heavy atom. The molecule has 1 aliphatic heterocycles. The number of nitrogens with zero attached hydrogens (tertiary/aromatic N) is 5. The molecule has 3 rings (SSSR count). The number of benzene rings is 1. The van der Waals surface area contributed by atoms with Crippen LogP contribution in [0.25, 0.3) is 0 Å². The monoisotopic (exact) mass is 564 g/mol. The van der Waals surface area contributed by atoms with Crippen molar-refractivity contribution in [3.05, 3.63) is 53.6 Å². The van der Waals surface area contributed by atoms with Crippen LogP contribution >= 0.6 is 24.0 Å². The van der Waals surface area contributed by atoms with Gasteiger partial charge in [-0.25, -0.2) is 4.98 Å². The van der Waals surface area contributed by atoms with E-state index >= 15 is 0 Å². The summed E-state index contributed by atoms with van der Waals surface area (Å²) >= 11 is 0. The number of aliphatic imine (C=N–C) groups is 1. The summed E-state index contributed by atoms with van der Waals surface area (Å²) in [7, 11) is 1.78. The van der Waals surface area contributed by atoms with E-state index in [1.54, 1.807) is 13.1 Å². The predicted molar refractivity (Wildman–Crippen MR) is 131 cm³/mol. The summed E-state index contributed by atoms with van der Waals surface area (Å²) in [5.41, 5.74) is 0.107. The molecule has 0 unspecified atom stereocenters. The minimum absolute atomic E-state index is 0. The number of aromatic nitrogens is 2. The van der Waals surface area contributed by atoms with Crippen molar-refractivity contribution >= 4 is 29.9 Å². The summed E-state index contributed by atoms with van der Waals surface area (Å²) in [5, 5.41) is 3.43. The van der Waals surface area contributed by atoms with Crippen LogP contribution in [-0.4, -0.2) is 65.1 Å². The number of alkyl halides is 3. The smallest absolute Gasteiger partial charge is 0.356 e. The van der Waals surface area contributed by atoms with Gasteiger partial charge in [-0.15, -0.1) is 24.0 Å². The molecule has 1 aromatic carbocycles. The molecule has 32 heavy (non-hydrogen) atoms. The fourth-order valence-electron chi connectivity index (χ4n) is 3.80. The van der Waals surface area contributed by atoms with Crippen molar-refractivity contribution in [3.63, 3.8) is 0 Å². The molecule has 1 aliphatic rings. The van der Waals surface area contributed by atoms with Gasteiger partial charge in [0.1, 0.15) is 5.82 Å². The molecule has 178 valence electrons. The fraction of sp³-hybridized carbons (Fsp3) is 0.545. The maximum atomic E-state index is 12.9. The fourth-order valence-corrected chi connectivity index (χ4v) is 3.80. The van der Waals surface area contributed by atoms with Gasteiger partial charge in [-0.1, -0.05) is 18.2 Å². The Hall–Kier alpha value is -1.82. The van der Waals surface area contributed by atoms with Crippen LogP contribution in [0.5, 0.6) is 0 Å². The van der Waals surface area contributed by atoms with Crippen molar-refractivity contribution < 1.29 is 13.2 Å². The van der Waals surface area contributed by atoms with E-state index in [4.69, 9.17) is 0 Å². The first-order valence-corrected chi connectivity index (χ1v) is 10.7. The van der Waals surface area contributed by atoms with Crippen LogP contribution in [0.3, 0.4) is 0 Å². The van der Waals surface area contributed by atoms with E-state index in [2.05, 4.69) is 29.7 Å². The third-order valence-corrected chi connectivity index (χ3v) is 5.58. The lowest BCUT2D eigenvalue weighted by Crippen LogP contribution is -2.52. The molecule has 0 saturated carbocycles. The van der Waals surface area contributed by atoms with E-state index in [-0.39, 0.29) is 24.0 Å². The Morgan fingerprint density at radius 3 is 2.53 bits per heavy atom. The van der Waals surface area contributed by atoms with Crippen LogP contribution in [0.15, 0.2) is 41.7 Å². The molecule has 6 nitrogen and oxygen atoms in total. The molecule has 2 aromatic rings. The lowest BCUT2D eigenvalue weighted by atomic mass is 10.1. The lowest BCUT2D eigenvalue weighted by Gasteiger charge is -2.36. The number of nitrogens with one attached hydrogen (secondary N) is 1. The van der Waals surface area contributed by atoms with Gasteiger partial charge in [-0.3, -0.25) is 9.89 Å². The van der Waals surface area contributed by atoms with Crippen LogP contribution in [0, 0.1) is 6.92 Å². The molecule has 10 heteroatoms. The summed E-state index contributed by atoms with van der Waals surface area (Å²) in [6.07, 6.45) is 1.62. The second-order valence-corrected chi connectivity index (χ2v) is 7.81. The maximum Gasteiger partial charge on any atom is 0.416 e. The highest BCUT2D eigenvalue weighted by Crippen LogP contribution is 2.29. The van der Waals surface area contributed by atoms with Gasteiger partial charge in [0.2, 0.25) is 0 Å². The molecule has 0 radical (unpaired) electrons. The van der Waals surface area contributed by atoms with Crippen molar-refractivity contribution in [2.75, 3.05) is 39.8 Å². The van der Waals surface area contributed by atoms with E-state index in [1.807, 2.05) is 19.3 Å². The average molecular weight is 564 g/mol. The van der Waals surface area contributed by atoms with Crippen LogP contribution in [0.1, 0.15) is 29.8 Å². The topological polar surface area (TPSA) is 48.7 Å². The second-order valence-electron chi connectivity index (χ2n) is 7.81. The van der Waals surface area contributed by atoms with Gasteiger partial charge < -0.3 is 14.8 Å². The minimum atomic E-state index is -4.30. The number of hydrogen-bond acceptors (Lipinski definition) is 3. The van der Waals surface area contributed by atoms with Crippen molar-refractivity contribution in [2.24, 2.45) is 4.99 Å². The third kappa shape index (κ3) is 7.65. The molecule has 1 aromatic heterocycles. The zero-order valence-electron chi connectivity index (χ0n) is 18.6. The Bertz CT molecular complexity index is 859. The molecule has 0 amide bonds. The average Bonchev–Trinajstić information content (AvgIpc) is 3.16.